The zero-order valence-electron chi connectivity index (χ0n) is 12.4. The van der Waals surface area contributed by atoms with Crippen molar-refractivity contribution in [1.29, 1.82) is 0 Å². The van der Waals surface area contributed by atoms with Crippen molar-refractivity contribution in [3.05, 3.63) is 46.5 Å². The largest absolute Gasteiger partial charge is 0.493 e. The molecule has 1 atom stereocenters. The zero-order valence-corrected chi connectivity index (χ0v) is 13.1. The van der Waals surface area contributed by atoms with E-state index in [0.29, 0.717) is 11.3 Å². The van der Waals surface area contributed by atoms with Crippen LogP contribution in [-0.2, 0) is 6.54 Å². The monoisotopic (exact) mass is 311 g/mol. The minimum absolute atomic E-state index is 0.105. The third kappa shape index (κ3) is 3.04. The molecular formula is C15H19ClFN3O. The number of hydrogen-bond acceptors (Lipinski definition) is 3. The molecule has 1 aromatic carbocycles. The molecule has 0 saturated carbocycles. The summed E-state index contributed by atoms with van der Waals surface area (Å²) in [4.78, 5) is 0. The topological polar surface area (TPSA) is 39.1 Å². The van der Waals surface area contributed by atoms with Crippen molar-refractivity contribution in [2.75, 3.05) is 14.2 Å². The number of aromatic nitrogens is 2. The van der Waals surface area contributed by atoms with Crippen molar-refractivity contribution in [3.8, 4) is 5.75 Å². The minimum Gasteiger partial charge on any atom is -0.493 e. The Hall–Kier alpha value is -1.59. The van der Waals surface area contributed by atoms with Crippen molar-refractivity contribution in [2.24, 2.45) is 0 Å². The highest BCUT2D eigenvalue weighted by atomic mass is 35.5. The summed E-state index contributed by atoms with van der Waals surface area (Å²) in [6, 6.07) is 4.60. The maximum atomic E-state index is 14.3. The smallest absolute Gasteiger partial charge is 0.161 e. The van der Waals surface area contributed by atoms with E-state index >= 15 is 0 Å². The molecule has 1 aromatic heterocycles. The van der Waals surface area contributed by atoms with Gasteiger partial charge in [0.25, 0.3) is 0 Å². The average molecular weight is 312 g/mol. The number of rotatable bonds is 6. The lowest BCUT2D eigenvalue weighted by Gasteiger charge is -2.20. The van der Waals surface area contributed by atoms with Crippen molar-refractivity contribution >= 4 is 11.6 Å². The van der Waals surface area contributed by atoms with Crippen LogP contribution in [0.5, 0.6) is 5.75 Å². The molecule has 2 rings (SSSR count). The molecule has 0 aliphatic rings. The van der Waals surface area contributed by atoms with Gasteiger partial charge in [-0.15, -0.1) is 0 Å². The van der Waals surface area contributed by atoms with Gasteiger partial charge in [0.1, 0.15) is 11.5 Å². The molecule has 21 heavy (non-hydrogen) atoms. The highest BCUT2D eigenvalue weighted by Crippen LogP contribution is 2.33. The molecule has 0 spiro atoms. The lowest BCUT2D eigenvalue weighted by molar-refractivity contribution is 0.399. The van der Waals surface area contributed by atoms with E-state index in [1.807, 2.05) is 4.68 Å². The molecule has 0 amide bonds. The fourth-order valence-corrected chi connectivity index (χ4v) is 2.58. The first-order valence-electron chi connectivity index (χ1n) is 6.84. The van der Waals surface area contributed by atoms with Gasteiger partial charge in [0, 0.05) is 12.1 Å². The lowest BCUT2D eigenvalue weighted by atomic mass is 10.0. The summed E-state index contributed by atoms with van der Waals surface area (Å²) in [6.07, 6.45) is 2.57. The molecular weight excluding hydrogens is 293 g/mol. The van der Waals surface area contributed by atoms with Crippen LogP contribution in [0.15, 0.2) is 24.4 Å². The van der Waals surface area contributed by atoms with Crippen molar-refractivity contribution < 1.29 is 9.13 Å². The van der Waals surface area contributed by atoms with Gasteiger partial charge >= 0.3 is 0 Å². The maximum Gasteiger partial charge on any atom is 0.161 e. The second-order valence-electron chi connectivity index (χ2n) is 4.69. The third-order valence-corrected chi connectivity index (χ3v) is 3.65. The SMILES string of the molecule is CCCn1ncc(OC)c1C(NC)c1cccc(Cl)c1F. The summed E-state index contributed by atoms with van der Waals surface area (Å²) in [5.74, 6) is 0.201. The van der Waals surface area contributed by atoms with Gasteiger partial charge in [0.05, 0.1) is 24.4 Å². The van der Waals surface area contributed by atoms with Gasteiger partial charge in [-0.05, 0) is 19.5 Å². The molecule has 0 aliphatic heterocycles. The van der Waals surface area contributed by atoms with E-state index in [0.717, 1.165) is 18.7 Å². The fraction of sp³-hybridized carbons (Fsp3) is 0.400. The first kappa shape index (κ1) is 15.8. The summed E-state index contributed by atoms with van der Waals surface area (Å²) in [6.45, 7) is 2.80. The first-order valence-corrected chi connectivity index (χ1v) is 7.22. The Labute approximate surface area is 128 Å². The van der Waals surface area contributed by atoms with Crippen LogP contribution < -0.4 is 10.1 Å². The van der Waals surface area contributed by atoms with E-state index in [4.69, 9.17) is 16.3 Å². The number of hydrogen-bond donors (Lipinski definition) is 1. The number of nitrogens with one attached hydrogen (secondary N) is 1. The van der Waals surface area contributed by atoms with Gasteiger partial charge in [0.15, 0.2) is 5.75 Å². The van der Waals surface area contributed by atoms with E-state index in [1.54, 1.807) is 32.5 Å². The fourth-order valence-electron chi connectivity index (χ4n) is 2.40. The molecule has 0 bridgehead atoms. The predicted molar refractivity (Wildman–Crippen MR) is 81.4 cm³/mol. The summed E-state index contributed by atoms with van der Waals surface area (Å²) in [5, 5.41) is 7.55. The van der Waals surface area contributed by atoms with Gasteiger partial charge in [0.2, 0.25) is 0 Å². The summed E-state index contributed by atoms with van der Waals surface area (Å²) < 4.78 is 21.5. The Morgan fingerprint density at radius 2 is 2.24 bits per heavy atom. The molecule has 1 unspecified atom stereocenters. The number of nitrogens with zero attached hydrogens (tertiary/aromatic N) is 2. The van der Waals surface area contributed by atoms with Crippen LogP contribution in [0, 0.1) is 5.82 Å². The minimum atomic E-state index is -0.426. The van der Waals surface area contributed by atoms with Crippen LogP contribution in [0.2, 0.25) is 5.02 Å². The number of halogens is 2. The second kappa shape index (κ2) is 6.91. The van der Waals surface area contributed by atoms with Crippen LogP contribution >= 0.6 is 11.6 Å². The molecule has 6 heteroatoms. The first-order chi connectivity index (χ1) is 10.1. The van der Waals surface area contributed by atoms with Crippen LogP contribution in [-0.4, -0.2) is 23.9 Å². The van der Waals surface area contributed by atoms with E-state index in [9.17, 15) is 4.39 Å². The second-order valence-corrected chi connectivity index (χ2v) is 5.09. The van der Waals surface area contributed by atoms with Crippen molar-refractivity contribution in [1.82, 2.24) is 15.1 Å². The molecule has 2 aromatic rings. The highest BCUT2D eigenvalue weighted by Gasteiger charge is 2.25. The van der Waals surface area contributed by atoms with Crippen LogP contribution in [0.1, 0.15) is 30.6 Å². The van der Waals surface area contributed by atoms with E-state index in [-0.39, 0.29) is 11.1 Å². The third-order valence-electron chi connectivity index (χ3n) is 3.35. The van der Waals surface area contributed by atoms with E-state index in [2.05, 4.69) is 17.3 Å². The Kier molecular flexibility index (Phi) is 5.20. The van der Waals surface area contributed by atoms with Gasteiger partial charge < -0.3 is 10.1 Å². The zero-order chi connectivity index (χ0) is 15.4. The molecule has 114 valence electrons. The molecule has 4 nitrogen and oxygen atoms in total. The van der Waals surface area contributed by atoms with Crippen LogP contribution in [0.4, 0.5) is 4.39 Å². The average Bonchev–Trinajstić information content (AvgIpc) is 2.88. The van der Waals surface area contributed by atoms with E-state index in [1.165, 1.54) is 6.07 Å². The summed E-state index contributed by atoms with van der Waals surface area (Å²) >= 11 is 5.89. The molecule has 0 fully saturated rings. The Balaban J connectivity index is 2.55. The predicted octanol–water partition coefficient (Wildman–Crippen LogP) is 3.40. The Bertz CT molecular complexity index is 615. The lowest BCUT2D eigenvalue weighted by Crippen LogP contribution is -2.23. The summed E-state index contributed by atoms with van der Waals surface area (Å²) in [5.41, 5.74) is 1.27. The van der Waals surface area contributed by atoms with Crippen molar-refractivity contribution in [3.63, 3.8) is 0 Å². The van der Waals surface area contributed by atoms with Crippen LogP contribution in [0.3, 0.4) is 0 Å². The Morgan fingerprint density at radius 3 is 2.86 bits per heavy atom. The molecule has 0 saturated heterocycles. The quantitative estimate of drug-likeness (QED) is 0.888. The molecule has 0 radical (unpaired) electrons. The number of aryl methyl sites for hydroxylation is 1. The van der Waals surface area contributed by atoms with Gasteiger partial charge in [-0.3, -0.25) is 4.68 Å². The van der Waals surface area contributed by atoms with Crippen LogP contribution in [0.25, 0.3) is 0 Å². The number of benzene rings is 1. The standard InChI is InChI=1S/C15H19ClFN3O/c1-4-8-20-15(12(21-3)9-19-20)14(18-2)10-6-5-7-11(16)13(10)17/h5-7,9,14,18H,4,8H2,1-3H3. The number of ether oxygens (including phenoxy) is 1. The number of methoxy groups -OCH3 is 1. The highest BCUT2D eigenvalue weighted by molar-refractivity contribution is 6.30. The molecule has 0 aliphatic carbocycles. The van der Waals surface area contributed by atoms with Gasteiger partial charge in [-0.2, -0.15) is 5.10 Å². The van der Waals surface area contributed by atoms with Gasteiger partial charge in [-0.1, -0.05) is 30.7 Å². The normalized spacial score (nSPS) is 12.4. The summed E-state index contributed by atoms with van der Waals surface area (Å²) in [7, 11) is 3.35. The molecule has 1 N–H and O–H groups in total. The van der Waals surface area contributed by atoms with E-state index < -0.39 is 5.82 Å². The van der Waals surface area contributed by atoms with Crippen molar-refractivity contribution in [2.45, 2.75) is 25.9 Å². The maximum absolute atomic E-state index is 14.3. The van der Waals surface area contributed by atoms with Gasteiger partial charge in [-0.25, -0.2) is 4.39 Å². The molecule has 1 heterocycles. The Morgan fingerprint density at radius 1 is 1.48 bits per heavy atom.